The molecule has 142 valence electrons. The van der Waals surface area contributed by atoms with E-state index in [0.717, 1.165) is 11.3 Å². The van der Waals surface area contributed by atoms with Crippen LogP contribution in [0.5, 0.6) is 0 Å². The number of rotatable bonds is 6. The molecule has 0 fully saturated rings. The number of nitrogens with one attached hydrogen (secondary N) is 1. The quantitative estimate of drug-likeness (QED) is 0.714. The van der Waals surface area contributed by atoms with Crippen LogP contribution in [0.2, 0.25) is 0 Å². The standard InChI is InChI=1S/C21H21N5O2/c27-20(23-11-9-17-8-4-5-10-22-17)18-14-19-21(28)25(12-13-26(19)24-18)15-16-6-2-1-3-7-16/h1-8,10,14H,9,11-13,15H2,(H,23,27). The smallest absolute Gasteiger partial charge is 0.272 e. The van der Waals surface area contributed by atoms with Crippen molar-refractivity contribution in [2.24, 2.45) is 0 Å². The van der Waals surface area contributed by atoms with E-state index in [1.165, 1.54) is 0 Å². The molecular formula is C21H21N5O2. The fourth-order valence-electron chi connectivity index (χ4n) is 3.24. The second kappa shape index (κ2) is 8.04. The maximum Gasteiger partial charge on any atom is 0.272 e. The molecule has 0 bridgehead atoms. The number of benzene rings is 1. The van der Waals surface area contributed by atoms with Crippen molar-refractivity contribution in [2.75, 3.05) is 13.1 Å². The molecule has 0 saturated carbocycles. The Morgan fingerprint density at radius 2 is 1.89 bits per heavy atom. The second-order valence-electron chi connectivity index (χ2n) is 6.68. The summed E-state index contributed by atoms with van der Waals surface area (Å²) in [5.41, 5.74) is 2.72. The van der Waals surface area contributed by atoms with E-state index in [0.29, 0.717) is 38.3 Å². The van der Waals surface area contributed by atoms with Crippen LogP contribution in [0.3, 0.4) is 0 Å². The largest absolute Gasteiger partial charge is 0.350 e. The minimum absolute atomic E-state index is 0.102. The van der Waals surface area contributed by atoms with Gasteiger partial charge in [0.25, 0.3) is 11.8 Å². The van der Waals surface area contributed by atoms with Crippen LogP contribution in [-0.2, 0) is 19.5 Å². The molecule has 1 aromatic carbocycles. The summed E-state index contributed by atoms with van der Waals surface area (Å²) in [6.07, 6.45) is 2.37. The number of carbonyl (C=O) groups excluding carboxylic acids is 2. The number of nitrogens with zero attached hydrogens (tertiary/aromatic N) is 4. The van der Waals surface area contributed by atoms with Gasteiger partial charge in [0.2, 0.25) is 0 Å². The number of pyridine rings is 1. The molecule has 1 aliphatic heterocycles. The van der Waals surface area contributed by atoms with Gasteiger partial charge in [0.05, 0.1) is 6.54 Å². The van der Waals surface area contributed by atoms with Gasteiger partial charge in [0.1, 0.15) is 5.69 Å². The average Bonchev–Trinajstić information content (AvgIpc) is 3.17. The van der Waals surface area contributed by atoms with E-state index in [9.17, 15) is 9.59 Å². The normalized spacial score (nSPS) is 13.3. The predicted molar refractivity (Wildman–Crippen MR) is 104 cm³/mol. The summed E-state index contributed by atoms with van der Waals surface area (Å²) in [6.45, 7) is 2.17. The number of carbonyl (C=O) groups is 2. The predicted octanol–water partition coefficient (Wildman–Crippen LogP) is 1.91. The Kier molecular flexibility index (Phi) is 5.14. The van der Waals surface area contributed by atoms with E-state index in [2.05, 4.69) is 15.4 Å². The van der Waals surface area contributed by atoms with E-state index in [1.54, 1.807) is 21.8 Å². The van der Waals surface area contributed by atoms with Crippen molar-refractivity contribution >= 4 is 11.8 Å². The average molecular weight is 375 g/mol. The zero-order valence-corrected chi connectivity index (χ0v) is 15.4. The number of aromatic nitrogens is 3. The highest BCUT2D eigenvalue weighted by atomic mass is 16.2. The van der Waals surface area contributed by atoms with Gasteiger partial charge in [0.15, 0.2) is 5.69 Å². The van der Waals surface area contributed by atoms with Crippen LogP contribution in [0, 0.1) is 0 Å². The summed E-state index contributed by atoms with van der Waals surface area (Å²) in [5.74, 6) is -0.379. The minimum Gasteiger partial charge on any atom is -0.350 e. The van der Waals surface area contributed by atoms with Crippen molar-refractivity contribution in [1.82, 2.24) is 25.0 Å². The first-order chi connectivity index (χ1) is 13.7. The van der Waals surface area contributed by atoms with Crippen molar-refractivity contribution in [3.8, 4) is 0 Å². The zero-order chi connectivity index (χ0) is 19.3. The number of fused-ring (bicyclic) bond motifs is 1. The lowest BCUT2D eigenvalue weighted by Gasteiger charge is -2.27. The van der Waals surface area contributed by atoms with Gasteiger partial charge in [-0.05, 0) is 17.7 Å². The molecule has 3 aromatic rings. The van der Waals surface area contributed by atoms with E-state index in [4.69, 9.17) is 0 Å². The Morgan fingerprint density at radius 1 is 1.07 bits per heavy atom. The molecule has 7 heteroatoms. The number of hydrogen-bond donors (Lipinski definition) is 1. The first-order valence-electron chi connectivity index (χ1n) is 9.30. The molecule has 1 aliphatic rings. The van der Waals surface area contributed by atoms with Crippen LogP contribution in [-0.4, -0.2) is 44.6 Å². The summed E-state index contributed by atoms with van der Waals surface area (Å²) < 4.78 is 1.62. The minimum atomic E-state index is -0.278. The van der Waals surface area contributed by atoms with Crippen molar-refractivity contribution in [3.63, 3.8) is 0 Å². The summed E-state index contributed by atoms with van der Waals surface area (Å²) >= 11 is 0. The third kappa shape index (κ3) is 3.93. The van der Waals surface area contributed by atoms with Gasteiger partial charge >= 0.3 is 0 Å². The lowest BCUT2D eigenvalue weighted by atomic mass is 10.2. The Hall–Kier alpha value is -3.48. The molecule has 2 amide bonds. The topological polar surface area (TPSA) is 80.1 Å². The third-order valence-corrected chi connectivity index (χ3v) is 4.71. The molecule has 0 aliphatic carbocycles. The monoisotopic (exact) mass is 375 g/mol. The maximum absolute atomic E-state index is 12.8. The Bertz CT molecular complexity index is 969. The van der Waals surface area contributed by atoms with Gasteiger partial charge in [-0.3, -0.25) is 19.3 Å². The van der Waals surface area contributed by atoms with E-state index >= 15 is 0 Å². The third-order valence-electron chi connectivity index (χ3n) is 4.71. The summed E-state index contributed by atoms with van der Waals surface area (Å²) in [5, 5.41) is 7.15. The van der Waals surface area contributed by atoms with Gasteiger partial charge in [-0.25, -0.2) is 0 Å². The molecule has 3 heterocycles. The van der Waals surface area contributed by atoms with Gasteiger partial charge in [-0.1, -0.05) is 36.4 Å². The molecule has 7 nitrogen and oxygen atoms in total. The fraction of sp³-hybridized carbons (Fsp3) is 0.238. The number of amides is 2. The Labute approximate surface area is 163 Å². The van der Waals surface area contributed by atoms with Crippen LogP contribution in [0.15, 0.2) is 60.8 Å². The van der Waals surface area contributed by atoms with E-state index in [-0.39, 0.29) is 17.5 Å². The van der Waals surface area contributed by atoms with Gasteiger partial charge < -0.3 is 10.2 Å². The molecular weight excluding hydrogens is 354 g/mol. The molecule has 4 rings (SSSR count). The lowest BCUT2D eigenvalue weighted by molar-refractivity contribution is 0.0683. The highest BCUT2D eigenvalue weighted by Gasteiger charge is 2.27. The molecule has 0 spiro atoms. The molecule has 28 heavy (non-hydrogen) atoms. The fourth-order valence-corrected chi connectivity index (χ4v) is 3.24. The molecule has 1 N–H and O–H groups in total. The molecule has 0 unspecified atom stereocenters. The van der Waals surface area contributed by atoms with Crippen LogP contribution >= 0.6 is 0 Å². The highest BCUT2D eigenvalue weighted by Crippen LogP contribution is 2.16. The zero-order valence-electron chi connectivity index (χ0n) is 15.4. The first kappa shape index (κ1) is 17.9. The van der Waals surface area contributed by atoms with Crippen molar-refractivity contribution in [3.05, 3.63) is 83.4 Å². The van der Waals surface area contributed by atoms with E-state index < -0.39 is 0 Å². The first-order valence-corrected chi connectivity index (χ1v) is 9.30. The lowest BCUT2D eigenvalue weighted by Crippen LogP contribution is -2.39. The van der Waals surface area contributed by atoms with Crippen LogP contribution in [0.25, 0.3) is 0 Å². The summed E-state index contributed by atoms with van der Waals surface area (Å²) in [6, 6.07) is 17.1. The Balaban J connectivity index is 1.38. The highest BCUT2D eigenvalue weighted by molar-refractivity contribution is 5.98. The van der Waals surface area contributed by atoms with Gasteiger partial charge in [0, 0.05) is 44.0 Å². The van der Waals surface area contributed by atoms with Crippen LogP contribution in [0.4, 0.5) is 0 Å². The Morgan fingerprint density at radius 3 is 2.68 bits per heavy atom. The van der Waals surface area contributed by atoms with E-state index in [1.807, 2.05) is 48.5 Å². The van der Waals surface area contributed by atoms with Crippen LogP contribution < -0.4 is 5.32 Å². The maximum atomic E-state index is 12.8. The second-order valence-corrected chi connectivity index (χ2v) is 6.68. The molecule has 0 atom stereocenters. The SMILES string of the molecule is O=C(NCCc1ccccn1)c1cc2n(n1)CCN(Cc1ccccc1)C2=O. The van der Waals surface area contributed by atoms with Crippen molar-refractivity contribution in [2.45, 2.75) is 19.5 Å². The summed E-state index contributed by atoms with van der Waals surface area (Å²) in [7, 11) is 0. The number of hydrogen-bond acceptors (Lipinski definition) is 4. The molecule has 2 aromatic heterocycles. The van der Waals surface area contributed by atoms with Crippen molar-refractivity contribution < 1.29 is 9.59 Å². The van der Waals surface area contributed by atoms with Crippen LogP contribution in [0.1, 0.15) is 32.2 Å². The molecule has 0 saturated heterocycles. The summed E-state index contributed by atoms with van der Waals surface area (Å²) in [4.78, 5) is 31.2. The molecule has 0 radical (unpaired) electrons. The van der Waals surface area contributed by atoms with Gasteiger partial charge in [-0.2, -0.15) is 5.10 Å². The van der Waals surface area contributed by atoms with Crippen molar-refractivity contribution in [1.29, 1.82) is 0 Å². The van der Waals surface area contributed by atoms with Gasteiger partial charge in [-0.15, -0.1) is 0 Å².